The highest BCUT2D eigenvalue weighted by molar-refractivity contribution is 5.82. The van der Waals surface area contributed by atoms with E-state index in [0.29, 0.717) is 29.7 Å². The normalized spacial score (nSPS) is 14.5. The van der Waals surface area contributed by atoms with Crippen LogP contribution in [0, 0.1) is 12.8 Å². The molecular formula is C26H31N3O2. The molecule has 1 atom stereocenters. The lowest BCUT2D eigenvalue weighted by molar-refractivity contribution is -0.135. The van der Waals surface area contributed by atoms with Gasteiger partial charge in [-0.1, -0.05) is 50.1 Å². The number of unbranched alkanes of at least 4 members (excludes halogenated alkanes) is 1. The average molecular weight is 418 g/mol. The first-order valence-corrected chi connectivity index (χ1v) is 11.4. The lowest BCUT2D eigenvalue weighted by Gasteiger charge is -2.32. The van der Waals surface area contributed by atoms with E-state index in [4.69, 9.17) is 4.98 Å². The molecule has 0 N–H and O–H groups in total. The summed E-state index contributed by atoms with van der Waals surface area (Å²) in [7, 11) is 0. The Kier molecular flexibility index (Phi) is 6.21. The van der Waals surface area contributed by atoms with Gasteiger partial charge in [-0.15, -0.1) is 0 Å². The van der Waals surface area contributed by atoms with Crippen molar-refractivity contribution < 1.29 is 4.79 Å². The predicted molar refractivity (Wildman–Crippen MR) is 124 cm³/mol. The van der Waals surface area contributed by atoms with Crippen LogP contribution in [-0.4, -0.2) is 26.9 Å². The zero-order valence-electron chi connectivity index (χ0n) is 18.7. The van der Waals surface area contributed by atoms with Crippen molar-refractivity contribution in [3.05, 3.63) is 70.3 Å². The van der Waals surface area contributed by atoms with Crippen LogP contribution in [-0.2, 0) is 4.79 Å². The van der Waals surface area contributed by atoms with Crippen molar-refractivity contribution in [3.8, 4) is 5.69 Å². The third-order valence-corrected chi connectivity index (χ3v) is 6.12. The van der Waals surface area contributed by atoms with Gasteiger partial charge in [0, 0.05) is 12.5 Å². The summed E-state index contributed by atoms with van der Waals surface area (Å²) < 4.78 is 1.72. The van der Waals surface area contributed by atoms with E-state index in [9.17, 15) is 9.59 Å². The van der Waals surface area contributed by atoms with E-state index in [1.807, 2.05) is 60.4 Å². The summed E-state index contributed by atoms with van der Waals surface area (Å²) in [6.07, 6.45) is 4.60. The van der Waals surface area contributed by atoms with Gasteiger partial charge >= 0.3 is 0 Å². The molecule has 0 aliphatic heterocycles. The second-order valence-electron chi connectivity index (χ2n) is 8.55. The number of hydrogen-bond donors (Lipinski definition) is 0. The first-order chi connectivity index (χ1) is 15.0. The zero-order valence-corrected chi connectivity index (χ0v) is 18.7. The smallest absolute Gasteiger partial charge is 0.266 e. The van der Waals surface area contributed by atoms with Crippen molar-refractivity contribution in [2.24, 2.45) is 5.92 Å². The quantitative estimate of drug-likeness (QED) is 0.507. The molecule has 1 aromatic heterocycles. The third kappa shape index (κ3) is 4.27. The van der Waals surface area contributed by atoms with Gasteiger partial charge in [-0.2, -0.15) is 0 Å². The number of para-hydroxylation sites is 1. The Balaban J connectivity index is 1.92. The number of benzene rings is 2. The maximum atomic E-state index is 13.6. The van der Waals surface area contributed by atoms with Crippen molar-refractivity contribution in [2.45, 2.75) is 58.9 Å². The highest BCUT2D eigenvalue weighted by Crippen LogP contribution is 2.35. The van der Waals surface area contributed by atoms with Gasteiger partial charge in [0.05, 0.1) is 22.6 Å². The number of fused-ring (bicyclic) bond motifs is 1. The molecule has 1 saturated carbocycles. The van der Waals surface area contributed by atoms with E-state index in [1.54, 1.807) is 4.57 Å². The van der Waals surface area contributed by atoms with Gasteiger partial charge in [0.2, 0.25) is 5.91 Å². The maximum absolute atomic E-state index is 13.6. The first kappa shape index (κ1) is 21.3. The molecule has 0 saturated heterocycles. The van der Waals surface area contributed by atoms with Crippen molar-refractivity contribution in [2.75, 3.05) is 6.54 Å². The third-order valence-electron chi connectivity index (χ3n) is 6.12. The highest BCUT2D eigenvalue weighted by atomic mass is 16.2. The van der Waals surface area contributed by atoms with Crippen LogP contribution in [0.3, 0.4) is 0 Å². The number of aryl methyl sites for hydroxylation is 1. The molecule has 162 valence electrons. The van der Waals surface area contributed by atoms with E-state index in [0.717, 1.165) is 36.9 Å². The first-order valence-electron chi connectivity index (χ1n) is 11.4. The Morgan fingerprint density at radius 3 is 2.48 bits per heavy atom. The van der Waals surface area contributed by atoms with Gasteiger partial charge in [-0.25, -0.2) is 4.98 Å². The van der Waals surface area contributed by atoms with E-state index in [1.165, 1.54) is 0 Å². The van der Waals surface area contributed by atoms with Crippen molar-refractivity contribution in [1.82, 2.24) is 14.5 Å². The summed E-state index contributed by atoms with van der Waals surface area (Å²) in [4.78, 5) is 33.8. The van der Waals surface area contributed by atoms with Crippen LogP contribution in [0.5, 0.6) is 0 Å². The topological polar surface area (TPSA) is 55.2 Å². The van der Waals surface area contributed by atoms with E-state index in [2.05, 4.69) is 13.8 Å². The SMILES string of the molecule is CCCCN(C(=O)C1CC1)C(CC)c1nc2ccccc2c(=O)n1-c1ccc(C)cc1. The molecule has 1 heterocycles. The Morgan fingerprint density at radius 2 is 1.84 bits per heavy atom. The van der Waals surface area contributed by atoms with Crippen molar-refractivity contribution in [1.29, 1.82) is 0 Å². The Morgan fingerprint density at radius 1 is 1.13 bits per heavy atom. The van der Waals surface area contributed by atoms with Crippen LogP contribution >= 0.6 is 0 Å². The molecule has 1 aliphatic carbocycles. The molecular weight excluding hydrogens is 386 g/mol. The zero-order chi connectivity index (χ0) is 22.0. The van der Waals surface area contributed by atoms with Gasteiger partial charge in [0.25, 0.3) is 5.56 Å². The summed E-state index contributed by atoms with van der Waals surface area (Å²) in [5.74, 6) is 0.990. The average Bonchev–Trinajstić information content (AvgIpc) is 3.63. The van der Waals surface area contributed by atoms with E-state index < -0.39 is 0 Å². The maximum Gasteiger partial charge on any atom is 0.266 e. The van der Waals surface area contributed by atoms with E-state index in [-0.39, 0.29) is 23.4 Å². The molecule has 2 aromatic carbocycles. The van der Waals surface area contributed by atoms with Crippen LogP contribution in [0.15, 0.2) is 53.3 Å². The fourth-order valence-electron chi connectivity index (χ4n) is 4.17. The number of hydrogen-bond acceptors (Lipinski definition) is 3. The Hall–Kier alpha value is -2.95. The summed E-state index contributed by atoms with van der Waals surface area (Å²) in [6, 6.07) is 15.2. The van der Waals surface area contributed by atoms with Crippen LogP contribution in [0.4, 0.5) is 0 Å². The second-order valence-corrected chi connectivity index (χ2v) is 8.55. The number of carbonyl (C=O) groups is 1. The molecule has 1 amide bonds. The predicted octanol–water partition coefficient (Wildman–Crippen LogP) is 5.18. The highest BCUT2D eigenvalue weighted by Gasteiger charge is 2.37. The molecule has 1 unspecified atom stereocenters. The number of aromatic nitrogens is 2. The molecule has 5 nitrogen and oxygen atoms in total. The largest absolute Gasteiger partial charge is 0.332 e. The standard InChI is InChI=1S/C26H31N3O2/c1-4-6-17-28(25(30)19-13-14-19)23(5-2)24-27-22-10-8-7-9-21(22)26(31)29(24)20-15-11-18(3)12-16-20/h7-12,15-16,19,23H,4-6,13-14,17H2,1-3H3. The molecule has 1 aliphatic rings. The molecule has 1 fully saturated rings. The molecule has 0 spiro atoms. The van der Waals surface area contributed by atoms with Crippen LogP contribution < -0.4 is 5.56 Å². The number of amides is 1. The van der Waals surface area contributed by atoms with Gasteiger partial charge in [0.1, 0.15) is 5.82 Å². The fourth-order valence-corrected chi connectivity index (χ4v) is 4.17. The minimum absolute atomic E-state index is 0.0859. The van der Waals surface area contributed by atoms with Crippen LogP contribution in [0.25, 0.3) is 16.6 Å². The second kappa shape index (κ2) is 9.04. The summed E-state index contributed by atoms with van der Waals surface area (Å²) in [5, 5.41) is 0.593. The molecule has 3 aromatic rings. The Bertz CT molecular complexity index is 1130. The van der Waals surface area contributed by atoms with E-state index >= 15 is 0 Å². The summed E-state index contributed by atoms with van der Waals surface area (Å²) in [6.45, 7) is 6.94. The van der Waals surface area contributed by atoms with Crippen LogP contribution in [0.1, 0.15) is 63.4 Å². The Labute approximate surface area is 183 Å². The van der Waals surface area contributed by atoms with Crippen molar-refractivity contribution in [3.63, 3.8) is 0 Å². The molecule has 0 bridgehead atoms. The van der Waals surface area contributed by atoms with Crippen LogP contribution in [0.2, 0.25) is 0 Å². The minimum Gasteiger partial charge on any atom is -0.332 e. The van der Waals surface area contributed by atoms with Gasteiger partial charge in [0.15, 0.2) is 0 Å². The fraction of sp³-hybridized carbons (Fsp3) is 0.423. The molecule has 0 radical (unpaired) electrons. The number of carbonyl (C=O) groups excluding carboxylic acids is 1. The summed E-state index contributed by atoms with van der Waals surface area (Å²) >= 11 is 0. The lowest BCUT2D eigenvalue weighted by atomic mass is 10.1. The molecule has 4 rings (SSSR count). The van der Waals surface area contributed by atoms with Crippen molar-refractivity contribution >= 4 is 16.8 Å². The molecule has 31 heavy (non-hydrogen) atoms. The van der Waals surface area contributed by atoms with Gasteiger partial charge in [-0.3, -0.25) is 14.2 Å². The summed E-state index contributed by atoms with van der Waals surface area (Å²) in [5.41, 5.74) is 2.51. The number of nitrogens with zero attached hydrogens (tertiary/aromatic N) is 3. The van der Waals surface area contributed by atoms with Gasteiger partial charge < -0.3 is 4.90 Å². The minimum atomic E-state index is -0.238. The number of rotatable bonds is 8. The lowest BCUT2D eigenvalue weighted by Crippen LogP contribution is -2.40. The van der Waals surface area contributed by atoms with Gasteiger partial charge in [-0.05, 0) is 56.9 Å². The monoisotopic (exact) mass is 417 g/mol. The molecule has 5 heteroatoms.